The number of imidazole rings is 1. The van der Waals surface area contributed by atoms with E-state index in [1.54, 1.807) is 6.07 Å². The van der Waals surface area contributed by atoms with E-state index in [4.69, 9.17) is 5.11 Å². The van der Waals surface area contributed by atoms with Crippen molar-refractivity contribution in [2.24, 2.45) is 0 Å². The number of aromatic amines is 1. The molecule has 1 aromatic carbocycles. The van der Waals surface area contributed by atoms with E-state index in [1.165, 1.54) is 12.1 Å². The van der Waals surface area contributed by atoms with E-state index in [2.05, 4.69) is 31.2 Å². The number of rotatable bonds is 3. The zero-order chi connectivity index (χ0) is 14.0. The molecule has 6 nitrogen and oxygen atoms in total. The quantitative estimate of drug-likeness (QED) is 0.805. The lowest BCUT2D eigenvalue weighted by molar-refractivity contribution is 0.0686. The third-order valence-corrected chi connectivity index (χ3v) is 2.74. The Balaban J connectivity index is 2.26. The molecular formula is C11H7BrFN3O3. The molecule has 1 aromatic heterocycles. The van der Waals surface area contributed by atoms with Gasteiger partial charge >= 0.3 is 5.97 Å². The number of H-pyrrole nitrogens is 1. The molecule has 1 amide bonds. The predicted molar refractivity (Wildman–Crippen MR) is 67.6 cm³/mol. The number of anilines is 1. The van der Waals surface area contributed by atoms with Crippen LogP contribution in [0, 0.1) is 5.82 Å². The summed E-state index contributed by atoms with van der Waals surface area (Å²) in [5.41, 5.74) is -0.725. The van der Waals surface area contributed by atoms with Crippen LogP contribution in [0.3, 0.4) is 0 Å². The van der Waals surface area contributed by atoms with Crippen molar-refractivity contribution in [2.75, 3.05) is 5.32 Å². The van der Waals surface area contributed by atoms with Crippen molar-refractivity contribution in [3.8, 4) is 0 Å². The van der Waals surface area contributed by atoms with Crippen molar-refractivity contribution < 1.29 is 19.1 Å². The third kappa shape index (κ3) is 2.79. The number of carbonyl (C=O) groups excluding carboxylic acids is 1. The molecule has 1 heterocycles. The first-order valence-electron chi connectivity index (χ1n) is 5.02. The molecule has 0 aliphatic heterocycles. The molecule has 2 aromatic rings. The molecule has 98 valence electrons. The molecule has 8 heteroatoms. The van der Waals surface area contributed by atoms with Gasteiger partial charge in [0.05, 0.1) is 12.0 Å². The maximum absolute atomic E-state index is 13.5. The van der Waals surface area contributed by atoms with Gasteiger partial charge in [-0.1, -0.05) is 15.9 Å². The predicted octanol–water partition coefficient (Wildman–Crippen LogP) is 2.26. The van der Waals surface area contributed by atoms with Gasteiger partial charge in [0.25, 0.3) is 5.91 Å². The standard InChI is InChI=1S/C11H7BrFN3O3/c12-5-1-2-7(6(13)3-5)16-10(17)8-9(11(18)19)15-4-14-8/h1-4H,(H,14,15)(H,16,17)(H,18,19). The Morgan fingerprint density at radius 2 is 2.16 bits per heavy atom. The number of amides is 1. The highest BCUT2D eigenvalue weighted by atomic mass is 79.9. The van der Waals surface area contributed by atoms with Gasteiger partial charge in [-0.15, -0.1) is 0 Å². The average molecular weight is 328 g/mol. The highest BCUT2D eigenvalue weighted by Crippen LogP contribution is 2.20. The first-order valence-corrected chi connectivity index (χ1v) is 5.81. The van der Waals surface area contributed by atoms with Gasteiger partial charge in [-0.25, -0.2) is 14.2 Å². The molecule has 0 unspecified atom stereocenters. The summed E-state index contributed by atoms with van der Waals surface area (Å²) in [6.07, 6.45) is 1.08. The topological polar surface area (TPSA) is 95.1 Å². The van der Waals surface area contributed by atoms with Gasteiger partial charge in [0.2, 0.25) is 0 Å². The van der Waals surface area contributed by atoms with Crippen LogP contribution in [0.4, 0.5) is 10.1 Å². The molecule has 0 fully saturated rings. The molecule has 0 aliphatic rings. The van der Waals surface area contributed by atoms with Crippen LogP contribution in [0.1, 0.15) is 21.0 Å². The van der Waals surface area contributed by atoms with E-state index >= 15 is 0 Å². The second-order valence-corrected chi connectivity index (χ2v) is 4.43. The molecule has 0 atom stereocenters. The van der Waals surface area contributed by atoms with Gasteiger partial charge in [0.15, 0.2) is 11.4 Å². The van der Waals surface area contributed by atoms with Crippen LogP contribution in [-0.4, -0.2) is 27.0 Å². The second kappa shape index (κ2) is 5.19. The van der Waals surface area contributed by atoms with Crippen molar-refractivity contribution in [1.29, 1.82) is 0 Å². The Labute approximate surface area is 114 Å². The summed E-state index contributed by atoms with van der Waals surface area (Å²) >= 11 is 3.08. The lowest BCUT2D eigenvalue weighted by Crippen LogP contribution is -2.17. The first-order chi connectivity index (χ1) is 8.99. The summed E-state index contributed by atoms with van der Waals surface area (Å²) in [5.74, 6) is -2.77. The second-order valence-electron chi connectivity index (χ2n) is 3.51. The summed E-state index contributed by atoms with van der Waals surface area (Å²) < 4.78 is 14.0. The Bertz CT molecular complexity index is 656. The summed E-state index contributed by atoms with van der Waals surface area (Å²) in [6, 6.07) is 4.07. The summed E-state index contributed by atoms with van der Waals surface area (Å²) in [4.78, 5) is 28.5. The minimum atomic E-state index is -1.32. The van der Waals surface area contributed by atoms with Gasteiger partial charge in [0.1, 0.15) is 5.82 Å². The molecule has 19 heavy (non-hydrogen) atoms. The Morgan fingerprint density at radius 3 is 2.79 bits per heavy atom. The van der Waals surface area contributed by atoms with Crippen LogP contribution in [0.15, 0.2) is 29.0 Å². The van der Waals surface area contributed by atoms with Gasteiger partial charge in [0, 0.05) is 4.47 Å². The Kier molecular flexibility index (Phi) is 3.61. The number of halogens is 2. The number of carboxylic acids is 1. The molecule has 0 aliphatic carbocycles. The molecule has 0 saturated carbocycles. The van der Waals surface area contributed by atoms with E-state index in [9.17, 15) is 14.0 Å². The normalized spacial score (nSPS) is 10.2. The average Bonchev–Trinajstić information content (AvgIpc) is 2.82. The van der Waals surface area contributed by atoms with Crippen molar-refractivity contribution in [2.45, 2.75) is 0 Å². The number of hydrogen-bond donors (Lipinski definition) is 3. The fourth-order valence-corrected chi connectivity index (χ4v) is 1.73. The van der Waals surface area contributed by atoms with Crippen LogP contribution >= 0.6 is 15.9 Å². The van der Waals surface area contributed by atoms with Crippen molar-refractivity contribution in [1.82, 2.24) is 9.97 Å². The molecule has 0 saturated heterocycles. The molecule has 2 rings (SSSR count). The van der Waals surface area contributed by atoms with E-state index in [-0.39, 0.29) is 17.1 Å². The van der Waals surface area contributed by atoms with Crippen molar-refractivity contribution in [3.63, 3.8) is 0 Å². The van der Waals surface area contributed by atoms with E-state index < -0.39 is 17.7 Å². The first kappa shape index (κ1) is 13.2. The van der Waals surface area contributed by atoms with Crippen LogP contribution in [0.2, 0.25) is 0 Å². The fourth-order valence-electron chi connectivity index (χ4n) is 1.40. The summed E-state index contributed by atoms with van der Waals surface area (Å²) in [7, 11) is 0. The number of aromatic nitrogens is 2. The molecule has 0 radical (unpaired) electrons. The largest absolute Gasteiger partial charge is 0.477 e. The highest BCUT2D eigenvalue weighted by molar-refractivity contribution is 9.10. The molecule has 3 N–H and O–H groups in total. The number of benzene rings is 1. The minimum Gasteiger partial charge on any atom is -0.477 e. The maximum Gasteiger partial charge on any atom is 0.354 e. The maximum atomic E-state index is 13.5. The molecule has 0 bridgehead atoms. The van der Waals surface area contributed by atoms with E-state index in [0.29, 0.717) is 4.47 Å². The number of nitrogens with zero attached hydrogens (tertiary/aromatic N) is 1. The zero-order valence-corrected chi connectivity index (χ0v) is 10.9. The third-order valence-electron chi connectivity index (χ3n) is 2.25. The highest BCUT2D eigenvalue weighted by Gasteiger charge is 2.20. The number of carbonyl (C=O) groups is 2. The van der Waals surface area contributed by atoms with Gasteiger partial charge in [-0.3, -0.25) is 4.79 Å². The molecular weight excluding hydrogens is 321 g/mol. The number of nitrogens with one attached hydrogen (secondary N) is 2. The van der Waals surface area contributed by atoms with Crippen LogP contribution in [-0.2, 0) is 0 Å². The SMILES string of the molecule is O=C(Nc1ccc(Br)cc1F)c1nc[nH]c1C(=O)O. The fraction of sp³-hybridized carbons (Fsp3) is 0. The molecule has 0 spiro atoms. The van der Waals surface area contributed by atoms with E-state index in [0.717, 1.165) is 6.33 Å². The lowest BCUT2D eigenvalue weighted by atomic mass is 10.2. The summed E-state index contributed by atoms with van der Waals surface area (Å²) in [5, 5.41) is 11.1. The van der Waals surface area contributed by atoms with Crippen LogP contribution < -0.4 is 5.32 Å². The minimum absolute atomic E-state index is 0.0625. The smallest absolute Gasteiger partial charge is 0.354 e. The van der Waals surface area contributed by atoms with Crippen molar-refractivity contribution >= 4 is 33.5 Å². The zero-order valence-electron chi connectivity index (χ0n) is 9.28. The van der Waals surface area contributed by atoms with Crippen LogP contribution in [0.5, 0.6) is 0 Å². The van der Waals surface area contributed by atoms with Crippen molar-refractivity contribution in [3.05, 3.63) is 46.2 Å². The number of carboxylic acid groups (broad SMARTS) is 1. The van der Waals surface area contributed by atoms with Gasteiger partial charge < -0.3 is 15.4 Å². The van der Waals surface area contributed by atoms with Gasteiger partial charge in [-0.05, 0) is 18.2 Å². The van der Waals surface area contributed by atoms with Crippen LogP contribution in [0.25, 0.3) is 0 Å². The van der Waals surface area contributed by atoms with E-state index in [1.807, 2.05) is 0 Å². The summed E-state index contributed by atoms with van der Waals surface area (Å²) in [6.45, 7) is 0. The monoisotopic (exact) mass is 327 g/mol. The number of aromatic carboxylic acids is 1. The van der Waals surface area contributed by atoms with Gasteiger partial charge in [-0.2, -0.15) is 0 Å². The number of hydrogen-bond acceptors (Lipinski definition) is 3. The lowest BCUT2D eigenvalue weighted by Gasteiger charge is -2.05. The Hall–Kier alpha value is -2.22. The Morgan fingerprint density at radius 1 is 1.42 bits per heavy atom.